The van der Waals surface area contributed by atoms with Crippen molar-refractivity contribution in [2.75, 3.05) is 37.7 Å². The number of hydrogen-bond acceptors (Lipinski definition) is 3. The van der Waals surface area contributed by atoms with E-state index in [9.17, 15) is 13.2 Å². The molecule has 0 spiro atoms. The van der Waals surface area contributed by atoms with Crippen molar-refractivity contribution < 1.29 is 17.9 Å². The summed E-state index contributed by atoms with van der Waals surface area (Å²) >= 11 is 0. The quantitative estimate of drug-likeness (QED) is 0.835. The molecule has 0 bridgehead atoms. The first-order chi connectivity index (χ1) is 10.5. The van der Waals surface area contributed by atoms with Crippen LogP contribution in [0.3, 0.4) is 0 Å². The second-order valence-electron chi connectivity index (χ2n) is 5.95. The second-order valence-corrected chi connectivity index (χ2v) is 5.95. The van der Waals surface area contributed by atoms with Crippen molar-refractivity contribution in [3.05, 3.63) is 30.3 Å². The summed E-state index contributed by atoms with van der Waals surface area (Å²) in [4.78, 5) is 4.27. The van der Waals surface area contributed by atoms with Gasteiger partial charge in [-0.1, -0.05) is 18.2 Å². The Balaban J connectivity index is 1.55. The molecule has 6 heteroatoms. The van der Waals surface area contributed by atoms with E-state index in [2.05, 4.69) is 17.0 Å². The van der Waals surface area contributed by atoms with Gasteiger partial charge in [0, 0.05) is 37.9 Å². The Bertz CT molecular complexity index is 472. The maximum Gasteiger partial charge on any atom is 0.415 e. The first kappa shape index (κ1) is 15.6. The fourth-order valence-electron chi connectivity index (χ4n) is 3.33. The van der Waals surface area contributed by atoms with Gasteiger partial charge in [-0.05, 0) is 25.0 Å². The van der Waals surface area contributed by atoms with Gasteiger partial charge in [0.2, 0.25) is 0 Å². The Hall–Kier alpha value is -1.27. The van der Waals surface area contributed by atoms with Gasteiger partial charge >= 0.3 is 6.18 Å². The van der Waals surface area contributed by atoms with Crippen LogP contribution in [0.4, 0.5) is 18.9 Å². The van der Waals surface area contributed by atoms with Crippen LogP contribution in [0.25, 0.3) is 0 Å². The van der Waals surface area contributed by atoms with Crippen molar-refractivity contribution in [1.82, 2.24) is 4.90 Å². The zero-order chi connectivity index (χ0) is 15.6. The number of hydrogen-bond donors (Lipinski definition) is 0. The predicted octanol–water partition coefficient (Wildman–Crippen LogP) is 2.92. The maximum absolute atomic E-state index is 12.8. The topological polar surface area (TPSA) is 15.7 Å². The molecule has 0 amide bonds. The SMILES string of the molecule is FC(F)(F)[C@@H]1CN(C2CCN(c3ccccc3)CC2)CCO1. The molecule has 3 nitrogen and oxygen atoms in total. The summed E-state index contributed by atoms with van der Waals surface area (Å²) in [5.74, 6) is 0. The van der Waals surface area contributed by atoms with Gasteiger partial charge in [-0.25, -0.2) is 0 Å². The van der Waals surface area contributed by atoms with Gasteiger partial charge in [-0.15, -0.1) is 0 Å². The fraction of sp³-hybridized carbons (Fsp3) is 0.625. The summed E-state index contributed by atoms with van der Waals surface area (Å²) < 4.78 is 43.3. The van der Waals surface area contributed by atoms with E-state index in [1.165, 1.54) is 5.69 Å². The molecule has 1 aromatic carbocycles. The summed E-state index contributed by atoms with van der Waals surface area (Å²) in [6, 6.07) is 10.4. The maximum atomic E-state index is 12.8. The molecule has 1 atom stereocenters. The van der Waals surface area contributed by atoms with E-state index in [0.29, 0.717) is 6.54 Å². The van der Waals surface area contributed by atoms with Gasteiger partial charge < -0.3 is 9.64 Å². The molecule has 0 aromatic heterocycles. The molecular weight excluding hydrogens is 293 g/mol. The molecule has 1 aromatic rings. The minimum Gasteiger partial charge on any atom is -0.371 e. The van der Waals surface area contributed by atoms with Crippen molar-refractivity contribution in [1.29, 1.82) is 0 Å². The minimum absolute atomic E-state index is 0.0283. The van der Waals surface area contributed by atoms with Gasteiger partial charge in [0.1, 0.15) is 0 Å². The van der Waals surface area contributed by atoms with Gasteiger partial charge in [-0.3, -0.25) is 4.90 Å². The Labute approximate surface area is 128 Å². The number of anilines is 1. The van der Waals surface area contributed by atoms with E-state index < -0.39 is 12.3 Å². The van der Waals surface area contributed by atoms with Crippen LogP contribution >= 0.6 is 0 Å². The smallest absolute Gasteiger partial charge is 0.371 e. The van der Waals surface area contributed by atoms with Crippen LogP contribution in [-0.4, -0.2) is 56.0 Å². The number of benzene rings is 1. The lowest BCUT2D eigenvalue weighted by atomic mass is 10.0. The third-order valence-electron chi connectivity index (χ3n) is 4.57. The molecule has 0 radical (unpaired) electrons. The zero-order valence-electron chi connectivity index (χ0n) is 12.4. The highest BCUT2D eigenvalue weighted by Crippen LogP contribution is 2.29. The largest absolute Gasteiger partial charge is 0.415 e. The number of ether oxygens (including phenoxy) is 1. The molecule has 2 saturated heterocycles. The first-order valence-corrected chi connectivity index (χ1v) is 7.76. The molecule has 3 rings (SSSR count). The van der Waals surface area contributed by atoms with Crippen molar-refractivity contribution in [3.8, 4) is 0 Å². The molecule has 0 unspecified atom stereocenters. The van der Waals surface area contributed by atoms with Crippen LogP contribution in [-0.2, 0) is 4.74 Å². The molecule has 0 saturated carbocycles. The highest BCUT2D eigenvalue weighted by Gasteiger charge is 2.44. The summed E-state index contributed by atoms with van der Waals surface area (Å²) in [5, 5.41) is 0. The molecule has 2 heterocycles. The lowest BCUT2D eigenvalue weighted by Gasteiger charge is -2.43. The Morgan fingerprint density at radius 1 is 1.00 bits per heavy atom. The Morgan fingerprint density at radius 2 is 1.68 bits per heavy atom. The summed E-state index contributed by atoms with van der Waals surface area (Å²) in [7, 11) is 0. The van der Waals surface area contributed by atoms with Crippen LogP contribution in [0.5, 0.6) is 0 Å². The lowest BCUT2D eigenvalue weighted by molar-refractivity contribution is -0.239. The zero-order valence-corrected chi connectivity index (χ0v) is 12.4. The first-order valence-electron chi connectivity index (χ1n) is 7.76. The monoisotopic (exact) mass is 314 g/mol. The minimum atomic E-state index is -4.26. The van der Waals surface area contributed by atoms with E-state index in [1.54, 1.807) is 0 Å². The second kappa shape index (κ2) is 6.46. The number of morpholine rings is 1. The molecule has 122 valence electrons. The van der Waals surface area contributed by atoms with Crippen LogP contribution in [0.2, 0.25) is 0 Å². The Morgan fingerprint density at radius 3 is 2.32 bits per heavy atom. The van der Waals surface area contributed by atoms with Crippen molar-refractivity contribution in [2.45, 2.75) is 31.2 Å². The van der Waals surface area contributed by atoms with Crippen molar-refractivity contribution in [3.63, 3.8) is 0 Å². The molecule has 2 aliphatic rings. The standard InChI is InChI=1S/C16H21F3N2O/c17-16(18,19)15-12-21(10-11-22-15)14-6-8-20(9-7-14)13-4-2-1-3-5-13/h1-5,14-15H,6-12H2/t15-/m0/s1. The highest BCUT2D eigenvalue weighted by atomic mass is 19.4. The van der Waals surface area contributed by atoms with Gasteiger partial charge in [0.05, 0.1) is 6.61 Å². The molecule has 2 aliphatic heterocycles. The van der Waals surface area contributed by atoms with Gasteiger partial charge in [0.25, 0.3) is 0 Å². The van der Waals surface area contributed by atoms with Crippen LogP contribution < -0.4 is 4.90 Å². The number of piperidine rings is 1. The summed E-state index contributed by atoms with van der Waals surface area (Å²) in [5.41, 5.74) is 1.19. The van der Waals surface area contributed by atoms with E-state index in [4.69, 9.17) is 4.74 Å². The predicted molar refractivity (Wildman–Crippen MR) is 79.0 cm³/mol. The number of nitrogens with zero attached hydrogens (tertiary/aromatic N) is 2. The number of halogens is 3. The normalized spacial score (nSPS) is 25.4. The van der Waals surface area contributed by atoms with Crippen LogP contribution in [0, 0.1) is 0 Å². The average molecular weight is 314 g/mol. The summed E-state index contributed by atoms with van der Waals surface area (Å²) in [6.07, 6.45) is -4.09. The van der Waals surface area contributed by atoms with Gasteiger partial charge in [-0.2, -0.15) is 13.2 Å². The average Bonchev–Trinajstić information content (AvgIpc) is 2.55. The Kier molecular flexibility index (Phi) is 4.59. The highest BCUT2D eigenvalue weighted by molar-refractivity contribution is 5.46. The van der Waals surface area contributed by atoms with E-state index in [1.807, 2.05) is 23.1 Å². The summed E-state index contributed by atoms with van der Waals surface area (Å²) in [6.45, 7) is 2.52. The molecule has 2 fully saturated rings. The molecule has 22 heavy (non-hydrogen) atoms. The molecule has 0 aliphatic carbocycles. The number of para-hydroxylation sites is 1. The van der Waals surface area contributed by atoms with Crippen LogP contribution in [0.1, 0.15) is 12.8 Å². The molecular formula is C16H21F3N2O. The van der Waals surface area contributed by atoms with E-state index in [-0.39, 0.29) is 19.2 Å². The van der Waals surface area contributed by atoms with E-state index in [0.717, 1.165) is 25.9 Å². The molecule has 0 N–H and O–H groups in total. The van der Waals surface area contributed by atoms with Crippen molar-refractivity contribution in [2.24, 2.45) is 0 Å². The number of alkyl halides is 3. The van der Waals surface area contributed by atoms with Crippen molar-refractivity contribution >= 4 is 5.69 Å². The third kappa shape index (κ3) is 3.55. The number of rotatable bonds is 2. The van der Waals surface area contributed by atoms with E-state index >= 15 is 0 Å². The third-order valence-corrected chi connectivity index (χ3v) is 4.57. The van der Waals surface area contributed by atoms with Gasteiger partial charge in [0.15, 0.2) is 6.10 Å². The van der Waals surface area contributed by atoms with Crippen LogP contribution in [0.15, 0.2) is 30.3 Å². The fourth-order valence-corrected chi connectivity index (χ4v) is 3.33. The lowest BCUT2D eigenvalue weighted by Crippen LogP contribution is -2.54.